The van der Waals surface area contributed by atoms with Gasteiger partial charge in [-0.1, -0.05) is 80.1 Å². The third-order valence-corrected chi connectivity index (χ3v) is 27.0. The predicted molar refractivity (Wildman–Crippen MR) is 276 cm³/mol. The molecule has 26 atom stereocenters. The molecule has 22 fully saturated rings. The van der Waals surface area contributed by atoms with Gasteiger partial charge >= 0.3 is 0 Å². The number of hydrogen-bond donors (Lipinski definition) is 0. The van der Waals surface area contributed by atoms with Crippen LogP contribution in [-0.2, 0) is 33.2 Å². The van der Waals surface area contributed by atoms with Crippen LogP contribution in [0.1, 0.15) is 222 Å². The molecule has 0 N–H and O–H groups in total. The topological polar surface area (TPSA) is 87.7 Å². The summed E-state index contributed by atoms with van der Waals surface area (Å²) in [5.41, 5.74) is 2.43. The molecule has 15 saturated carbocycles. The predicted octanol–water partition coefficient (Wildman–Crippen LogP) is 13.8. The third-order valence-electron chi connectivity index (χ3n) is 27.0. The molecule has 7 nitrogen and oxygen atoms in total. The van der Waals surface area contributed by atoms with Gasteiger partial charge < -0.3 is 33.2 Å². The fourth-order valence-electron chi connectivity index (χ4n) is 22.4. The highest BCUT2D eigenvalue weighted by Crippen LogP contribution is 2.73. The number of fused-ring (bicyclic) bond motifs is 22. The molecule has 7 heterocycles. The summed E-state index contributed by atoms with van der Waals surface area (Å²) in [7, 11) is 0. The van der Waals surface area contributed by atoms with E-state index in [0.29, 0.717) is 76.3 Å². The van der Waals surface area contributed by atoms with Crippen molar-refractivity contribution in [1.29, 1.82) is 0 Å². The Bertz CT molecular complexity index is 1970. The van der Waals surface area contributed by atoms with Crippen molar-refractivity contribution in [3.63, 3.8) is 0 Å². The van der Waals surface area contributed by atoms with Crippen molar-refractivity contribution in [1.82, 2.24) is 0 Å². The van der Waals surface area contributed by atoms with Gasteiger partial charge in [0.05, 0.1) is 84.4 Å². The fraction of sp³-hybridized carbons (Fsp3) is 1.00. The van der Waals surface area contributed by atoms with E-state index in [1.807, 2.05) is 0 Å². The maximum absolute atomic E-state index is 5.89. The van der Waals surface area contributed by atoms with Crippen LogP contribution < -0.4 is 0 Å². The standard InChI is InChI=1S/C10H14O.3C10H16O.C9H14O.C8H14O.C7H10O/c1-6-2-8-3-7(1)5-10(4-6)9(8)11-10;1-9(2)6-4-5-10(9,3)8-7(6)11-8;1-9(2)6-4-5-7(9)10(3)8(6)11-10;1-2-4-8-7(3-1)5-6-9-10(8)11-9;1-2-4-7-6(3-1)5-8-9(7)10-8;1-2-6-3-4-7-8(5-6)9-7;1-2-5-3-4(1)6-7(5)8-6/h6-9H,1-5H2;2*6-8H,4-5H2,1-3H3;7-10H,1-6H2;6-9H,1-5H2;6-8H,2-5H2,1H3;4-7H,1-3H2. The molecule has 7 saturated heterocycles. The molecule has 22 aliphatic rings. The molecule has 398 valence electrons. The van der Waals surface area contributed by atoms with Crippen molar-refractivity contribution in [3.05, 3.63) is 0 Å². The van der Waals surface area contributed by atoms with E-state index in [1.54, 1.807) is 0 Å². The van der Waals surface area contributed by atoms with Crippen LogP contribution in [0.5, 0.6) is 0 Å². The first-order chi connectivity index (χ1) is 34.2. The first kappa shape index (κ1) is 47.9. The van der Waals surface area contributed by atoms with Gasteiger partial charge in [0, 0.05) is 5.41 Å². The molecule has 0 radical (unpaired) electrons. The van der Waals surface area contributed by atoms with Crippen LogP contribution in [0.15, 0.2) is 0 Å². The average molecular weight is 981 g/mol. The van der Waals surface area contributed by atoms with Crippen LogP contribution in [0.3, 0.4) is 0 Å². The number of rotatable bonds is 1. The summed E-state index contributed by atoms with van der Waals surface area (Å²) in [5.74, 6) is 12.7. The molecule has 0 aromatic carbocycles. The summed E-state index contributed by atoms with van der Waals surface area (Å²) >= 11 is 0. The fourth-order valence-corrected chi connectivity index (χ4v) is 22.4. The maximum atomic E-state index is 5.89. The lowest BCUT2D eigenvalue weighted by Crippen LogP contribution is -2.44. The monoisotopic (exact) mass is 981 g/mol. The van der Waals surface area contributed by atoms with Crippen LogP contribution in [0.4, 0.5) is 0 Å². The Kier molecular flexibility index (Phi) is 11.5. The number of ether oxygens (including phenoxy) is 7. The second-order valence-corrected chi connectivity index (χ2v) is 31.0. The Balaban J connectivity index is 0.0000000744. The van der Waals surface area contributed by atoms with E-state index in [0.717, 1.165) is 101 Å². The van der Waals surface area contributed by atoms with Gasteiger partial charge in [-0.25, -0.2) is 0 Å². The van der Waals surface area contributed by atoms with Crippen molar-refractivity contribution in [2.45, 2.75) is 306 Å². The van der Waals surface area contributed by atoms with Gasteiger partial charge in [0.25, 0.3) is 0 Å². The molecular weight excluding hydrogens is 881 g/mol. The lowest BCUT2D eigenvalue weighted by atomic mass is 9.56. The summed E-state index contributed by atoms with van der Waals surface area (Å²) < 4.78 is 39.4. The van der Waals surface area contributed by atoms with Crippen molar-refractivity contribution in [2.75, 3.05) is 0 Å². The zero-order valence-corrected chi connectivity index (χ0v) is 45.9. The van der Waals surface area contributed by atoms with Gasteiger partial charge in [-0.2, -0.15) is 0 Å². The molecule has 7 heteroatoms. The summed E-state index contributed by atoms with van der Waals surface area (Å²) in [6.45, 7) is 16.7. The van der Waals surface area contributed by atoms with Crippen LogP contribution in [0.25, 0.3) is 0 Å². The second kappa shape index (κ2) is 17.1. The molecule has 0 aromatic heterocycles. The number of hydrogen-bond acceptors (Lipinski definition) is 7. The van der Waals surface area contributed by atoms with Gasteiger partial charge in [-0.15, -0.1) is 0 Å². The van der Waals surface area contributed by atoms with Crippen molar-refractivity contribution >= 4 is 0 Å². The summed E-state index contributed by atoms with van der Waals surface area (Å²) in [5, 5.41) is 0. The van der Waals surface area contributed by atoms with E-state index in [4.69, 9.17) is 33.2 Å². The molecule has 7 aliphatic heterocycles. The molecular formula is C64H100O7. The third kappa shape index (κ3) is 8.10. The van der Waals surface area contributed by atoms with Crippen molar-refractivity contribution in [2.24, 2.45) is 93.2 Å². The summed E-state index contributed by atoms with van der Waals surface area (Å²) in [6, 6.07) is 0. The normalized spacial score (nSPS) is 60.5. The van der Waals surface area contributed by atoms with Crippen molar-refractivity contribution < 1.29 is 33.2 Å². The van der Waals surface area contributed by atoms with E-state index >= 15 is 0 Å². The summed E-state index contributed by atoms with van der Waals surface area (Å²) in [4.78, 5) is 0. The SMILES string of the molecule is C1C2CC3CC1CC1(C2)OC31.C1CC2CC1C1OC21.C1CCC2C(C1)CC1OC12.C1CCC2C(C1)CCC1OC12.CC1(C)C2CCC1(C)C1OC21.CC1(C)C2CCC1C1(C)OC21.CCC1CCC2OC2C1. The quantitative estimate of drug-likeness (QED) is 0.242. The highest BCUT2D eigenvalue weighted by atomic mass is 16.6. The Morgan fingerprint density at radius 2 is 1.10 bits per heavy atom. The molecule has 22 rings (SSSR count). The Morgan fingerprint density at radius 1 is 0.423 bits per heavy atom. The minimum atomic E-state index is 0.312. The van der Waals surface area contributed by atoms with Gasteiger partial charge in [0.1, 0.15) is 0 Å². The van der Waals surface area contributed by atoms with Gasteiger partial charge in [0.2, 0.25) is 0 Å². The lowest BCUT2D eigenvalue weighted by molar-refractivity contribution is 0.0499. The van der Waals surface area contributed by atoms with Gasteiger partial charge in [0.15, 0.2) is 0 Å². The van der Waals surface area contributed by atoms with Gasteiger partial charge in [-0.3, -0.25) is 0 Å². The molecule has 0 amide bonds. The van der Waals surface area contributed by atoms with E-state index in [2.05, 4.69) is 48.5 Å². The molecule has 10 bridgehead atoms. The van der Waals surface area contributed by atoms with E-state index in [9.17, 15) is 0 Å². The molecule has 26 unspecified atom stereocenters. The highest BCUT2D eigenvalue weighted by molar-refractivity contribution is 5.24. The molecule has 15 aliphatic carbocycles. The van der Waals surface area contributed by atoms with Crippen LogP contribution in [0.2, 0.25) is 0 Å². The Hall–Kier alpha value is -0.280. The van der Waals surface area contributed by atoms with E-state index in [-0.39, 0.29) is 0 Å². The summed E-state index contributed by atoms with van der Waals surface area (Å²) in [6.07, 6.45) is 47.3. The Morgan fingerprint density at radius 3 is 1.68 bits per heavy atom. The molecule has 0 aromatic rings. The van der Waals surface area contributed by atoms with Crippen LogP contribution >= 0.6 is 0 Å². The van der Waals surface area contributed by atoms with Crippen LogP contribution in [-0.4, -0.2) is 84.4 Å². The minimum absolute atomic E-state index is 0.312. The average Bonchev–Trinajstić information content (AvgIpc) is 4.12. The highest BCUT2D eigenvalue weighted by Gasteiger charge is 2.76. The van der Waals surface area contributed by atoms with E-state index < -0.39 is 0 Å². The first-order valence-corrected chi connectivity index (χ1v) is 31.9. The first-order valence-electron chi connectivity index (χ1n) is 31.9. The molecule has 1 spiro atoms. The van der Waals surface area contributed by atoms with Gasteiger partial charge in [-0.05, 0) is 230 Å². The Labute approximate surface area is 430 Å². The second-order valence-electron chi connectivity index (χ2n) is 31.0. The van der Waals surface area contributed by atoms with E-state index in [1.165, 1.54) is 173 Å². The minimum Gasteiger partial charge on any atom is -0.370 e. The smallest absolute Gasteiger partial charge is 0.0956 e. The zero-order valence-electron chi connectivity index (χ0n) is 45.9. The largest absolute Gasteiger partial charge is 0.370 e. The maximum Gasteiger partial charge on any atom is 0.0956 e. The lowest BCUT2D eigenvalue weighted by Gasteiger charge is -2.46. The number of epoxide rings is 7. The molecule has 71 heavy (non-hydrogen) atoms. The van der Waals surface area contributed by atoms with Crippen LogP contribution in [0, 0.1) is 93.2 Å². The zero-order chi connectivity index (χ0) is 48.0. The van der Waals surface area contributed by atoms with Crippen molar-refractivity contribution in [3.8, 4) is 0 Å².